The normalized spacial score (nSPS) is 18.3. The van der Waals surface area contributed by atoms with Gasteiger partial charge in [0.25, 0.3) is 5.91 Å². The van der Waals surface area contributed by atoms with Gasteiger partial charge in [0.15, 0.2) is 0 Å². The molecule has 0 N–H and O–H groups in total. The van der Waals surface area contributed by atoms with Crippen molar-refractivity contribution in [1.82, 2.24) is 9.80 Å². The van der Waals surface area contributed by atoms with E-state index >= 15 is 0 Å². The van der Waals surface area contributed by atoms with Crippen LogP contribution in [-0.2, 0) is 4.74 Å². The average molecular weight is 466 g/mol. The number of hydrogen-bond acceptors (Lipinski definition) is 3. The fourth-order valence-corrected chi connectivity index (χ4v) is 3.06. The van der Waals surface area contributed by atoms with Crippen molar-refractivity contribution in [3.8, 4) is 0 Å². The maximum atomic E-state index is 13.9. The molecule has 25 heavy (non-hydrogen) atoms. The summed E-state index contributed by atoms with van der Waals surface area (Å²) in [6.07, 6.45) is -0.436. The highest BCUT2D eigenvalue weighted by molar-refractivity contribution is 14.1. The molecule has 2 rings (SSSR count). The third kappa shape index (κ3) is 4.80. The molecule has 1 aromatic carbocycles. The van der Waals surface area contributed by atoms with E-state index in [4.69, 9.17) is 4.74 Å². The highest BCUT2D eigenvalue weighted by Gasteiger charge is 2.33. The first-order valence-electron chi connectivity index (χ1n) is 7.93. The van der Waals surface area contributed by atoms with Gasteiger partial charge in [-0.15, -0.1) is 0 Å². The number of benzene rings is 1. The van der Waals surface area contributed by atoms with E-state index in [9.17, 15) is 18.4 Å². The zero-order valence-electron chi connectivity index (χ0n) is 14.6. The molecular weight excluding hydrogens is 445 g/mol. The summed E-state index contributed by atoms with van der Waals surface area (Å²) in [5.74, 6) is -2.09. The molecule has 1 aromatic rings. The molecule has 0 bridgehead atoms. The van der Waals surface area contributed by atoms with Gasteiger partial charge in [-0.1, -0.05) is 0 Å². The minimum absolute atomic E-state index is 0.163. The highest BCUT2D eigenvalue weighted by Crippen LogP contribution is 2.21. The summed E-state index contributed by atoms with van der Waals surface area (Å²) < 4.78 is 32.9. The molecule has 1 aliphatic heterocycles. The van der Waals surface area contributed by atoms with Gasteiger partial charge in [0, 0.05) is 35.3 Å². The van der Waals surface area contributed by atoms with Gasteiger partial charge in [-0.05, 0) is 56.4 Å². The van der Waals surface area contributed by atoms with Gasteiger partial charge in [-0.25, -0.2) is 13.6 Å². The van der Waals surface area contributed by atoms with Crippen LogP contribution in [0.2, 0.25) is 0 Å². The molecule has 0 unspecified atom stereocenters. The van der Waals surface area contributed by atoms with E-state index in [1.165, 1.54) is 11.0 Å². The van der Waals surface area contributed by atoms with Gasteiger partial charge < -0.3 is 14.5 Å². The second-order valence-electron chi connectivity index (χ2n) is 7.02. The molecule has 1 atom stereocenters. The van der Waals surface area contributed by atoms with Crippen molar-refractivity contribution in [2.45, 2.75) is 39.3 Å². The first-order chi connectivity index (χ1) is 11.5. The third-order valence-electron chi connectivity index (χ3n) is 3.78. The van der Waals surface area contributed by atoms with Crippen molar-refractivity contribution >= 4 is 34.6 Å². The van der Waals surface area contributed by atoms with E-state index < -0.39 is 29.2 Å². The Balaban J connectivity index is 2.09. The monoisotopic (exact) mass is 466 g/mol. The number of ether oxygens (including phenoxy) is 1. The first-order valence-corrected chi connectivity index (χ1v) is 9.01. The number of nitrogens with zero attached hydrogens (tertiary/aromatic N) is 2. The Labute approximate surface area is 159 Å². The zero-order valence-corrected chi connectivity index (χ0v) is 16.8. The van der Waals surface area contributed by atoms with E-state index in [1.54, 1.807) is 55.2 Å². The van der Waals surface area contributed by atoms with Crippen LogP contribution in [0.15, 0.2) is 12.1 Å². The molecule has 1 fully saturated rings. The van der Waals surface area contributed by atoms with Crippen LogP contribution in [0, 0.1) is 15.2 Å². The fourth-order valence-electron chi connectivity index (χ4n) is 2.59. The van der Waals surface area contributed by atoms with Crippen LogP contribution in [-0.4, -0.2) is 53.1 Å². The molecule has 0 saturated carbocycles. The molecular formula is C17H21F2IN2O3. The number of rotatable bonds is 1. The quantitative estimate of drug-likeness (QED) is 0.469. The van der Waals surface area contributed by atoms with Crippen molar-refractivity contribution in [2.24, 2.45) is 0 Å². The Morgan fingerprint density at radius 1 is 1.20 bits per heavy atom. The van der Waals surface area contributed by atoms with Gasteiger partial charge >= 0.3 is 6.09 Å². The summed E-state index contributed by atoms with van der Waals surface area (Å²) in [5, 5.41) is 0. The van der Waals surface area contributed by atoms with Crippen molar-refractivity contribution in [2.75, 3.05) is 19.6 Å². The number of carbonyl (C=O) groups excluding carboxylic acids is 2. The number of carbonyl (C=O) groups is 2. The summed E-state index contributed by atoms with van der Waals surface area (Å²) in [4.78, 5) is 27.8. The second-order valence-corrected chi connectivity index (χ2v) is 8.18. The number of hydrogen-bond donors (Lipinski definition) is 0. The van der Waals surface area contributed by atoms with Gasteiger partial charge in [0.1, 0.15) is 17.2 Å². The lowest BCUT2D eigenvalue weighted by atomic mass is 10.1. The molecule has 5 nitrogen and oxygen atoms in total. The van der Waals surface area contributed by atoms with Gasteiger partial charge in [-0.3, -0.25) is 4.79 Å². The van der Waals surface area contributed by atoms with Crippen molar-refractivity contribution in [3.05, 3.63) is 32.9 Å². The summed E-state index contributed by atoms with van der Waals surface area (Å²) in [6, 6.07) is 1.66. The van der Waals surface area contributed by atoms with Crippen LogP contribution >= 0.6 is 22.6 Å². The third-order valence-corrected chi connectivity index (χ3v) is 4.61. The molecule has 0 radical (unpaired) electrons. The maximum absolute atomic E-state index is 13.9. The Bertz CT molecular complexity index is 691. The van der Waals surface area contributed by atoms with Crippen LogP contribution < -0.4 is 0 Å². The van der Waals surface area contributed by atoms with Gasteiger partial charge in [0.2, 0.25) is 0 Å². The van der Waals surface area contributed by atoms with E-state index in [0.717, 1.165) is 6.07 Å². The van der Waals surface area contributed by atoms with E-state index in [-0.39, 0.29) is 28.3 Å². The van der Waals surface area contributed by atoms with Crippen LogP contribution in [0.4, 0.5) is 13.6 Å². The molecule has 1 aliphatic rings. The van der Waals surface area contributed by atoms with E-state index in [1.807, 2.05) is 0 Å². The minimum Gasteiger partial charge on any atom is -0.444 e. The van der Waals surface area contributed by atoms with Gasteiger partial charge in [0.05, 0.1) is 5.56 Å². The lowest BCUT2D eigenvalue weighted by Gasteiger charge is -2.40. The van der Waals surface area contributed by atoms with Crippen LogP contribution in [0.3, 0.4) is 0 Å². The van der Waals surface area contributed by atoms with E-state index in [2.05, 4.69) is 0 Å². The number of amides is 2. The Kier molecular flexibility index (Phi) is 5.90. The van der Waals surface area contributed by atoms with Crippen molar-refractivity contribution in [1.29, 1.82) is 0 Å². The predicted octanol–water partition coefficient (Wildman–Crippen LogP) is 3.65. The van der Waals surface area contributed by atoms with Crippen LogP contribution in [0.5, 0.6) is 0 Å². The molecule has 2 amide bonds. The van der Waals surface area contributed by atoms with Gasteiger partial charge in [-0.2, -0.15) is 0 Å². The Morgan fingerprint density at radius 2 is 1.84 bits per heavy atom. The first kappa shape index (κ1) is 19.9. The lowest BCUT2D eigenvalue weighted by Crippen LogP contribution is -2.56. The van der Waals surface area contributed by atoms with Crippen LogP contribution in [0.25, 0.3) is 0 Å². The largest absolute Gasteiger partial charge is 0.444 e. The fraction of sp³-hybridized carbons (Fsp3) is 0.529. The average Bonchev–Trinajstić information content (AvgIpc) is 2.48. The predicted molar refractivity (Wildman–Crippen MR) is 97.4 cm³/mol. The zero-order chi connectivity index (χ0) is 18.9. The molecule has 1 heterocycles. The molecule has 1 saturated heterocycles. The smallest absolute Gasteiger partial charge is 0.410 e. The summed E-state index contributed by atoms with van der Waals surface area (Å²) in [5.41, 5.74) is -0.763. The second kappa shape index (κ2) is 7.43. The van der Waals surface area contributed by atoms with E-state index in [0.29, 0.717) is 6.54 Å². The topological polar surface area (TPSA) is 49.9 Å². The van der Waals surface area contributed by atoms with Crippen molar-refractivity contribution in [3.63, 3.8) is 0 Å². The lowest BCUT2D eigenvalue weighted by molar-refractivity contribution is 0.00190. The summed E-state index contributed by atoms with van der Waals surface area (Å²) >= 11 is 1.72. The summed E-state index contributed by atoms with van der Waals surface area (Å²) in [6.45, 7) is 7.97. The Morgan fingerprint density at radius 3 is 2.40 bits per heavy atom. The molecule has 0 spiro atoms. The standard InChI is InChI=1S/C17H21F2IN2O3/c1-10-9-21(5-6-22(10)16(24)25-17(2,3)4)15(23)11-7-14(20)13(19)8-12(11)18/h7-8,10H,5-6,9H2,1-4H3/t10-/m1/s1. The number of piperazine rings is 1. The SMILES string of the molecule is C[C@@H]1CN(C(=O)c2cc(I)c(F)cc2F)CCN1C(=O)OC(C)(C)C. The highest BCUT2D eigenvalue weighted by atomic mass is 127. The molecule has 8 heteroatoms. The Hall–Kier alpha value is -1.45. The summed E-state index contributed by atoms with van der Waals surface area (Å²) in [7, 11) is 0. The minimum atomic E-state index is -0.884. The molecule has 0 aromatic heterocycles. The molecule has 138 valence electrons. The maximum Gasteiger partial charge on any atom is 0.410 e. The number of halogens is 3. The van der Waals surface area contributed by atoms with Crippen LogP contribution in [0.1, 0.15) is 38.1 Å². The van der Waals surface area contributed by atoms with Crippen molar-refractivity contribution < 1.29 is 23.1 Å². The molecule has 0 aliphatic carbocycles.